The Morgan fingerprint density at radius 1 is 1.31 bits per heavy atom. The molecule has 8 nitrogen and oxygen atoms in total. The summed E-state index contributed by atoms with van der Waals surface area (Å²) in [7, 11) is -2.27. The van der Waals surface area contributed by atoms with Gasteiger partial charge in [-0.3, -0.25) is 9.40 Å². The topological polar surface area (TPSA) is 99.0 Å². The monoisotopic (exact) mass is 459 g/mol. The Bertz CT molecular complexity index is 1220. The van der Waals surface area contributed by atoms with Crippen LogP contribution in [0.15, 0.2) is 47.9 Å². The van der Waals surface area contributed by atoms with E-state index < -0.39 is 26.3 Å². The summed E-state index contributed by atoms with van der Waals surface area (Å²) in [6.07, 6.45) is 7.58. The number of hydrogen-bond acceptors (Lipinski definition) is 6. The van der Waals surface area contributed by atoms with Crippen molar-refractivity contribution in [3.05, 3.63) is 60.1 Å². The third-order valence-corrected chi connectivity index (χ3v) is 7.44. The van der Waals surface area contributed by atoms with Crippen molar-refractivity contribution < 1.29 is 17.5 Å². The second-order valence-corrected chi connectivity index (χ2v) is 9.83. The summed E-state index contributed by atoms with van der Waals surface area (Å²) < 4.78 is 51.2. The van der Waals surface area contributed by atoms with E-state index in [1.165, 1.54) is 30.7 Å². The van der Waals surface area contributed by atoms with E-state index >= 15 is 4.39 Å². The molecule has 0 saturated heterocycles. The summed E-state index contributed by atoms with van der Waals surface area (Å²) in [6.45, 7) is 3.90. The quantitative estimate of drug-likeness (QED) is 0.577. The Kier molecular flexibility index (Phi) is 5.89. The number of sulfonamides is 1. The third-order valence-electron chi connectivity index (χ3n) is 6.07. The van der Waals surface area contributed by atoms with Gasteiger partial charge in [0.25, 0.3) is 10.0 Å². The fourth-order valence-corrected chi connectivity index (χ4v) is 5.51. The lowest BCUT2D eigenvalue weighted by Crippen LogP contribution is -2.36. The maximum Gasteiger partial charge on any atom is 0.265 e. The molecule has 0 aliphatic heterocycles. The Labute approximate surface area is 186 Å². The van der Waals surface area contributed by atoms with Gasteiger partial charge in [-0.2, -0.15) is 5.10 Å². The van der Waals surface area contributed by atoms with Crippen molar-refractivity contribution in [1.29, 1.82) is 0 Å². The number of hydrogen-bond donors (Lipinski definition) is 1. The van der Waals surface area contributed by atoms with E-state index in [4.69, 9.17) is 4.74 Å². The number of anilines is 1. The first-order valence-electron chi connectivity index (χ1n) is 10.5. The van der Waals surface area contributed by atoms with Gasteiger partial charge in [0.1, 0.15) is 34.2 Å². The van der Waals surface area contributed by atoms with Crippen LogP contribution in [0.3, 0.4) is 0 Å². The van der Waals surface area contributed by atoms with Gasteiger partial charge >= 0.3 is 0 Å². The van der Waals surface area contributed by atoms with Gasteiger partial charge in [-0.05, 0) is 56.4 Å². The van der Waals surface area contributed by atoms with Crippen LogP contribution in [-0.2, 0) is 23.5 Å². The highest BCUT2D eigenvalue weighted by atomic mass is 32.2. The second kappa shape index (κ2) is 8.50. The normalized spacial score (nSPS) is 20.9. The summed E-state index contributed by atoms with van der Waals surface area (Å²) >= 11 is 0. The van der Waals surface area contributed by atoms with Crippen LogP contribution in [0.4, 0.5) is 10.2 Å². The van der Waals surface area contributed by atoms with E-state index in [-0.39, 0.29) is 11.7 Å². The Hall–Kier alpha value is -3.01. The second-order valence-electron chi connectivity index (χ2n) is 8.18. The molecule has 32 heavy (non-hydrogen) atoms. The molecule has 2 aromatic heterocycles. The zero-order valence-corrected chi connectivity index (χ0v) is 19.1. The first kappa shape index (κ1) is 22.2. The van der Waals surface area contributed by atoms with Crippen molar-refractivity contribution in [3.63, 3.8) is 0 Å². The van der Waals surface area contributed by atoms with E-state index in [1.54, 1.807) is 6.20 Å². The van der Waals surface area contributed by atoms with E-state index in [9.17, 15) is 8.42 Å². The molecule has 1 fully saturated rings. The molecule has 170 valence electrons. The molecule has 4 rings (SSSR count). The van der Waals surface area contributed by atoms with E-state index in [2.05, 4.69) is 19.8 Å². The average molecular weight is 460 g/mol. The molecule has 2 heterocycles. The molecule has 1 aromatic carbocycles. The van der Waals surface area contributed by atoms with Gasteiger partial charge in [-0.15, -0.1) is 0 Å². The van der Waals surface area contributed by atoms with E-state index in [0.29, 0.717) is 17.7 Å². The molecule has 1 saturated carbocycles. The van der Waals surface area contributed by atoms with Gasteiger partial charge in [0, 0.05) is 37.1 Å². The summed E-state index contributed by atoms with van der Waals surface area (Å²) in [5.74, 6) is -0.346. The molecule has 3 aromatic rings. The van der Waals surface area contributed by atoms with Gasteiger partial charge in [0.2, 0.25) is 0 Å². The Balaban J connectivity index is 1.66. The SMILES string of the molecule is CCc1cc(S(=O)(=O)Nc2ccncn2)c(F)cc1O[C@]1(C)CCC[C@@H]1c1ccnn1C. The first-order valence-corrected chi connectivity index (χ1v) is 12.0. The minimum atomic E-state index is -4.17. The lowest BCUT2D eigenvalue weighted by molar-refractivity contribution is 0.0736. The predicted octanol–water partition coefficient (Wildman–Crippen LogP) is 3.82. The highest BCUT2D eigenvalue weighted by Gasteiger charge is 2.43. The molecule has 0 radical (unpaired) electrons. The van der Waals surface area contributed by atoms with Gasteiger partial charge in [0.05, 0.1) is 0 Å². The fourth-order valence-electron chi connectivity index (χ4n) is 4.39. The number of nitrogens with zero attached hydrogens (tertiary/aromatic N) is 4. The number of ether oxygens (including phenoxy) is 1. The molecule has 10 heteroatoms. The zero-order chi connectivity index (χ0) is 22.9. The maximum absolute atomic E-state index is 15.1. The molecular weight excluding hydrogens is 433 g/mol. The number of aromatic nitrogens is 4. The fraction of sp³-hybridized carbons (Fsp3) is 0.409. The van der Waals surface area contributed by atoms with Crippen LogP contribution in [0.2, 0.25) is 0 Å². The van der Waals surface area contributed by atoms with E-state index in [0.717, 1.165) is 25.0 Å². The number of aryl methyl sites for hydroxylation is 2. The van der Waals surface area contributed by atoms with E-state index in [1.807, 2.05) is 31.6 Å². The molecule has 0 bridgehead atoms. The average Bonchev–Trinajstić information content (AvgIpc) is 3.33. The minimum Gasteiger partial charge on any atom is -0.486 e. The number of halogens is 1. The first-order chi connectivity index (χ1) is 15.2. The van der Waals surface area contributed by atoms with Crippen molar-refractivity contribution in [3.8, 4) is 5.75 Å². The molecular formula is C22H26FN5O3S. The molecule has 1 N–H and O–H groups in total. The highest BCUT2D eigenvalue weighted by molar-refractivity contribution is 7.92. The van der Waals surface area contributed by atoms with Crippen LogP contribution >= 0.6 is 0 Å². The highest BCUT2D eigenvalue weighted by Crippen LogP contribution is 2.46. The lowest BCUT2D eigenvalue weighted by atomic mass is 9.89. The Morgan fingerprint density at radius 3 is 2.78 bits per heavy atom. The molecule has 2 atom stereocenters. The molecule has 1 aliphatic carbocycles. The number of nitrogens with one attached hydrogen (secondary N) is 1. The van der Waals surface area contributed by atoms with Crippen LogP contribution in [0.5, 0.6) is 5.75 Å². The van der Waals surface area contributed by atoms with Crippen molar-refractivity contribution in [2.24, 2.45) is 7.05 Å². The number of benzene rings is 1. The summed E-state index contributed by atoms with van der Waals surface area (Å²) in [5.41, 5.74) is 1.13. The largest absolute Gasteiger partial charge is 0.486 e. The lowest BCUT2D eigenvalue weighted by Gasteiger charge is -2.33. The zero-order valence-electron chi connectivity index (χ0n) is 18.2. The van der Waals surface area contributed by atoms with Crippen molar-refractivity contribution in [1.82, 2.24) is 19.7 Å². The van der Waals surface area contributed by atoms with Crippen molar-refractivity contribution in [2.75, 3.05) is 4.72 Å². The third kappa shape index (κ3) is 4.19. The number of rotatable bonds is 7. The van der Waals surface area contributed by atoms with Crippen LogP contribution in [0.25, 0.3) is 0 Å². The van der Waals surface area contributed by atoms with Gasteiger partial charge in [-0.1, -0.05) is 6.92 Å². The predicted molar refractivity (Wildman–Crippen MR) is 117 cm³/mol. The van der Waals surface area contributed by atoms with Gasteiger partial charge in [-0.25, -0.2) is 22.8 Å². The summed E-state index contributed by atoms with van der Waals surface area (Å²) in [4.78, 5) is 7.14. The van der Waals surface area contributed by atoms with Gasteiger partial charge in [0.15, 0.2) is 0 Å². The van der Waals surface area contributed by atoms with Gasteiger partial charge < -0.3 is 4.74 Å². The molecule has 0 unspecified atom stereocenters. The minimum absolute atomic E-state index is 0.0651. The maximum atomic E-state index is 15.1. The summed E-state index contributed by atoms with van der Waals surface area (Å²) in [6, 6.07) is 5.89. The Morgan fingerprint density at radius 2 is 2.12 bits per heavy atom. The van der Waals surface area contributed by atoms with Crippen LogP contribution in [0.1, 0.15) is 50.3 Å². The smallest absolute Gasteiger partial charge is 0.265 e. The van der Waals surface area contributed by atoms with Crippen LogP contribution < -0.4 is 9.46 Å². The van der Waals surface area contributed by atoms with Crippen LogP contribution in [-0.4, -0.2) is 33.8 Å². The standard InChI is InChI=1S/C22H26FN5O3S/c1-4-15-12-20(32(29,30)27-21-8-10-24-14-25-21)17(23)13-19(15)31-22(2)9-5-6-16(22)18-7-11-26-28(18)3/h7-8,10-14,16H,4-6,9H2,1-3H3,(H,24,25,27)/t16-,22-/m1/s1. The van der Waals surface area contributed by atoms with Crippen molar-refractivity contribution >= 4 is 15.8 Å². The molecule has 0 amide bonds. The molecule has 0 spiro atoms. The molecule has 1 aliphatic rings. The van der Waals surface area contributed by atoms with Crippen molar-refractivity contribution in [2.45, 2.75) is 55.9 Å². The summed E-state index contributed by atoms with van der Waals surface area (Å²) in [5, 5.41) is 4.27. The van der Waals surface area contributed by atoms with Crippen LogP contribution in [0, 0.1) is 5.82 Å².